The number of benzene rings is 1. The number of amides is 1. The van der Waals surface area contributed by atoms with Crippen molar-refractivity contribution in [2.45, 2.75) is 31.3 Å². The van der Waals surface area contributed by atoms with Crippen LogP contribution >= 0.6 is 0 Å². The van der Waals surface area contributed by atoms with Gasteiger partial charge in [-0.1, -0.05) is 25.0 Å². The van der Waals surface area contributed by atoms with Crippen molar-refractivity contribution in [3.05, 3.63) is 35.9 Å². The number of carbonyl (C=O) groups is 1. The summed E-state index contributed by atoms with van der Waals surface area (Å²) in [5.41, 5.74) is 0.147. The highest BCUT2D eigenvalue weighted by Gasteiger charge is 2.32. The van der Waals surface area contributed by atoms with E-state index in [0.717, 1.165) is 31.2 Å². The van der Waals surface area contributed by atoms with Gasteiger partial charge in [-0.05, 0) is 36.6 Å². The topological polar surface area (TPSA) is 73.6 Å². The molecule has 0 radical (unpaired) electrons. The second-order valence-electron chi connectivity index (χ2n) is 5.97. The molecule has 1 aromatic carbocycles. The predicted molar refractivity (Wildman–Crippen MR) is 87.6 cm³/mol. The van der Waals surface area contributed by atoms with E-state index in [0.29, 0.717) is 12.3 Å². The molecule has 1 saturated carbocycles. The van der Waals surface area contributed by atoms with Gasteiger partial charge in [-0.15, -0.1) is 0 Å². The van der Waals surface area contributed by atoms with Gasteiger partial charge in [0.25, 0.3) is 0 Å². The van der Waals surface area contributed by atoms with E-state index in [-0.39, 0.29) is 12.5 Å². The van der Waals surface area contributed by atoms with E-state index in [1.165, 1.54) is 6.08 Å². The minimum absolute atomic E-state index is 0.0153. The number of carbonyl (C=O) groups excluding carboxylic acids is 1. The molecule has 2 rings (SSSR count). The molecule has 0 saturated heterocycles. The maximum Gasteiger partial charge on any atom is 0.246 e. The van der Waals surface area contributed by atoms with E-state index in [4.69, 9.17) is 10.00 Å². The van der Waals surface area contributed by atoms with Gasteiger partial charge < -0.3 is 14.7 Å². The van der Waals surface area contributed by atoms with E-state index >= 15 is 0 Å². The number of rotatable bonds is 6. The Morgan fingerprint density at radius 2 is 2.04 bits per heavy atom. The molecule has 5 nitrogen and oxygen atoms in total. The number of hydrogen-bond donors (Lipinski definition) is 1. The summed E-state index contributed by atoms with van der Waals surface area (Å²) in [5.74, 6) is 0.491. The lowest BCUT2D eigenvalue weighted by molar-refractivity contribution is -0.127. The summed E-state index contributed by atoms with van der Waals surface area (Å²) in [6.45, 7) is 0.387. The maximum absolute atomic E-state index is 12.1. The zero-order valence-electron chi connectivity index (χ0n) is 13.4. The van der Waals surface area contributed by atoms with Crippen LogP contribution in [0.1, 0.15) is 31.2 Å². The van der Waals surface area contributed by atoms with Crippen molar-refractivity contribution in [3.8, 4) is 11.8 Å². The molecule has 0 heterocycles. The first kappa shape index (κ1) is 17.0. The second-order valence-corrected chi connectivity index (χ2v) is 5.97. The zero-order valence-corrected chi connectivity index (χ0v) is 13.4. The fourth-order valence-corrected chi connectivity index (χ4v) is 2.80. The van der Waals surface area contributed by atoms with Gasteiger partial charge in [0.05, 0.1) is 5.60 Å². The van der Waals surface area contributed by atoms with Crippen LogP contribution in [0.4, 0.5) is 0 Å². The molecule has 0 aliphatic heterocycles. The third-order valence-electron chi connectivity index (χ3n) is 4.04. The first-order valence-electron chi connectivity index (χ1n) is 7.78. The quantitative estimate of drug-likeness (QED) is 0.818. The molecule has 122 valence electrons. The number of nitriles is 1. The van der Waals surface area contributed by atoms with Crippen LogP contribution in [0.2, 0.25) is 0 Å². The SMILES string of the molecule is CN(CC1(O)CCCC1)C(=O)/C=C/c1ccc(OCC#N)cc1. The lowest BCUT2D eigenvalue weighted by Gasteiger charge is -2.27. The second kappa shape index (κ2) is 7.80. The summed E-state index contributed by atoms with van der Waals surface area (Å²) in [6.07, 6.45) is 6.80. The summed E-state index contributed by atoms with van der Waals surface area (Å²) >= 11 is 0. The Bertz CT molecular complexity index is 596. The van der Waals surface area contributed by atoms with Gasteiger partial charge in [-0.3, -0.25) is 4.79 Å². The van der Waals surface area contributed by atoms with E-state index in [1.807, 2.05) is 18.2 Å². The Morgan fingerprint density at radius 3 is 2.65 bits per heavy atom. The number of likely N-dealkylation sites (N-methyl/N-ethyl adjacent to an activating group) is 1. The van der Waals surface area contributed by atoms with Crippen molar-refractivity contribution >= 4 is 12.0 Å². The summed E-state index contributed by atoms with van der Waals surface area (Å²) < 4.78 is 5.17. The van der Waals surface area contributed by atoms with Crippen LogP contribution in [0.15, 0.2) is 30.3 Å². The normalized spacial score (nSPS) is 16.2. The number of ether oxygens (including phenoxy) is 1. The van der Waals surface area contributed by atoms with Crippen LogP contribution in [0.25, 0.3) is 6.08 Å². The first-order valence-corrected chi connectivity index (χ1v) is 7.78. The fraction of sp³-hybridized carbons (Fsp3) is 0.444. The van der Waals surface area contributed by atoms with Crippen LogP contribution in [-0.4, -0.2) is 41.7 Å². The molecule has 0 unspecified atom stereocenters. The lowest BCUT2D eigenvalue weighted by Crippen LogP contribution is -2.41. The Kier molecular flexibility index (Phi) is 5.78. The smallest absolute Gasteiger partial charge is 0.246 e. The minimum Gasteiger partial charge on any atom is -0.479 e. The maximum atomic E-state index is 12.1. The van der Waals surface area contributed by atoms with E-state index in [2.05, 4.69) is 0 Å². The van der Waals surface area contributed by atoms with E-state index in [9.17, 15) is 9.90 Å². The van der Waals surface area contributed by atoms with Gasteiger partial charge in [0.1, 0.15) is 11.8 Å². The van der Waals surface area contributed by atoms with E-state index in [1.54, 1.807) is 30.2 Å². The molecule has 5 heteroatoms. The molecule has 0 bridgehead atoms. The van der Waals surface area contributed by atoms with Crippen LogP contribution in [0, 0.1) is 11.3 Å². The molecule has 1 aliphatic carbocycles. The summed E-state index contributed by atoms with van der Waals surface area (Å²) in [5, 5.41) is 18.8. The van der Waals surface area contributed by atoms with Crippen molar-refractivity contribution in [2.75, 3.05) is 20.2 Å². The van der Waals surface area contributed by atoms with Gasteiger partial charge in [-0.2, -0.15) is 5.26 Å². The molecule has 0 aromatic heterocycles. The first-order chi connectivity index (χ1) is 11.0. The van der Waals surface area contributed by atoms with Crippen molar-refractivity contribution < 1.29 is 14.6 Å². The molecule has 1 N–H and O–H groups in total. The highest BCUT2D eigenvalue weighted by atomic mass is 16.5. The third kappa shape index (κ3) is 5.11. The predicted octanol–water partition coefficient (Wildman–Crippen LogP) is 2.37. The van der Waals surface area contributed by atoms with Crippen LogP contribution < -0.4 is 4.74 Å². The van der Waals surface area contributed by atoms with Gasteiger partial charge in [0.15, 0.2) is 6.61 Å². The third-order valence-corrected chi connectivity index (χ3v) is 4.04. The molecular formula is C18H22N2O3. The Hall–Kier alpha value is -2.32. The van der Waals surface area contributed by atoms with Gasteiger partial charge in [0, 0.05) is 19.7 Å². The average molecular weight is 314 g/mol. The number of hydrogen-bond acceptors (Lipinski definition) is 4. The molecule has 1 aromatic rings. The highest BCUT2D eigenvalue weighted by molar-refractivity contribution is 5.91. The number of aliphatic hydroxyl groups is 1. The van der Waals surface area contributed by atoms with Crippen molar-refractivity contribution in [1.82, 2.24) is 4.90 Å². The largest absolute Gasteiger partial charge is 0.479 e. The molecule has 1 amide bonds. The Labute approximate surface area is 136 Å². The summed E-state index contributed by atoms with van der Waals surface area (Å²) in [4.78, 5) is 13.7. The molecule has 23 heavy (non-hydrogen) atoms. The van der Waals surface area contributed by atoms with Gasteiger partial charge >= 0.3 is 0 Å². The van der Waals surface area contributed by atoms with Crippen molar-refractivity contribution in [3.63, 3.8) is 0 Å². The standard InChI is InChI=1S/C18H22N2O3/c1-20(14-18(22)10-2-3-11-18)17(21)9-6-15-4-7-16(8-5-15)23-13-12-19/h4-9,22H,2-3,10-11,13-14H2,1H3/b9-6+. The summed E-state index contributed by atoms with van der Waals surface area (Å²) in [7, 11) is 1.71. The highest BCUT2D eigenvalue weighted by Crippen LogP contribution is 2.29. The van der Waals surface area contributed by atoms with Crippen molar-refractivity contribution in [2.24, 2.45) is 0 Å². The lowest BCUT2D eigenvalue weighted by atomic mass is 10.0. The fourth-order valence-electron chi connectivity index (χ4n) is 2.80. The average Bonchev–Trinajstić information content (AvgIpc) is 2.97. The van der Waals surface area contributed by atoms with Gasteiger partial charge in [0.2, 0.25) is 5.91 Å². The molecule has 1 aliphatic rings. The Balaban J connectivity index is 1.88. The molecule has 0 spiro atoms. The Morgan fingerprint density at radius 1 is 1.39 bits per heavy atom. The number of nitrogens with zero attached hydrogens (tertiary/aromatic N) is 2. The minimum atomic E-state index is -0.724. The van der Waals surface area contributed by atoms with Crippen LogP contribution in [-0.2, 0) is 4.79 Å². The van der Waals surface area contributed by atoms with Crippen LogP contribution in [0.5, 0.6) is 5.75 Å². The van der Waals surface area contributed by atoms with E-state index < -0.39 is 5.60 Å². The molecular weight excluding hydrogens is 292 g/mol. The monoisotopic (exact) mass is 314 g/mol. The molecule has 1 fully saturated rings. The summed E-state index contributed by atoms with van der Waals surface area (Å²) in [6, 6.07) is 9.06. The van der Waals surface area contributed by atoms with Gasteiger partial charge in [-0.25, -0.2) is 0 Å². The molecule has 0 atom stereocenters. The van der Waals surface area contributed by atoms with Crippen molar-refractivity contribution in [1.29, 1.82) is 5.26 Å². The van der Waals surface area contributed by atoms with Crippen LogP contribution in [0.3, 0.4) is 0 Å². The zero-order chi connectivity index (χ0) is 16.7.